The molecule has 0 atom stereocenters. The number of alkyl halides is 3. The van der Waals surface area contributed by atoms with Crippen molar-refractivity contribution in [1.82, 2.24) is 9.97 Å². The fourth-order valence-electron chi connectivity index (χ4n) is 2.52. The molecule has 0 aromatic carbocycles. The molecule has 1 saturated heterocycles. The Morgan fingerprint density at radius 1 is 0.864 bits per heavy atom. The monoisotopic (exact) mass is 308 g/mol. The summed E-state index contributed by atoms with van der Waals surface area (Å²) in [6.07, 6.45) is 0.343. The van der Waals surface area contributed by atoms with E-state index >= 15 is 0 Å². The van der Waals surface area contributed by atoms with Gasteiger partial charge in [-0.25, -0.2) is 4.98 Å². The quantitative estimate of drug-likeness (QED) is 0.854. The van der Waals surface area contributed by atoms with Gasteiger partial charge in [0.15, 0.2) is 0 Å². The van der Waals surface area contributed by atoms with Crippen molar-refractivity contribution >= 4 is 11.5 Å². The maximum absolute atomic E-state index is 12.8. The molecule has 0 N–H and O–H groups in total. The Morgan fingerprint density at radius 2 is 1.50 bits per heavy atom. The summed E-state index contributed by atoms with van der Waals surface area (Å²) < 4.78 is 38.3. The van der Waals surface area contributed by atoms with Crippen LogP contribution in [0.4, 0.5) is 24.7 Å². The fraction of sp³-hybridized carbons (Fsp3) is 0.333. The molecule has 0 saturated carbocycles. The first kappa shape index (κ1) is 14.6. The highest BCUT2D eigenvalue weighted by molar-refractivity contribution is 5.49. The van der Waals surface area contributed by atoms with Crippen molar-refractivity contribution in [3.8, 4) is 0 Å². The Morgan fingerprint density at radius 3 is 2.14 bits per heavy atom. The molecule has 0 bridgehead atoms. The van der Waals surface area contributed by atoms with E-state index in [0.717, 1.165) is 30.9 Å². The van der Waals surface area contributed by atoms with Crippen molar-refractivity contribution < 1.29 is 13.2 Å². The van der Waals surface area contributed by atoms with Crippen LogP contribution in [0.15, 0.2) is 42.9 Å². The Balaban J connectivity index is 1.69. The van der Waals surface area contributed by atoms with Crippen LogP contribution in [0.25, 0.3) is 0 Å². The summed E-state index contributed by atoms with van der Waals surface area (Å²) in [5.74, 6) is 0.379. The van der Waals surface area contributed by atoms with Crippen LogP contribution < -0.4 is 9.80 Å². The van der Waals surface area contributed by atoms with Gasteiger partial charge >= 0.3 is 6.18 Å². The molecule has 4 nitrogen and oxygen atoms in total. The number of rotatable bonds is 2. The van der Waals surface area contributed by atoms with Gasteiger partial charge in [0, 0.05) is 50.5 Å². The van der Waals surface area contributed by atoms with Crippen molar-refractivity contribution in [1.29, 1.82) is 0 Å². The Hall–Kier alpha value is -2.31. The van der Waals surface area contributed by atoms with Gasteiger partial charge in [-0.2, -0.15) is 13.2 Å². The molecule has 116 valence electrons. The molecule has 0 amide bonds. The lowest BCUT2D eigenvalue weighted by atomic mass is 10.2. The van der Waals surface area contributed by atoms with Gasteiger partial charge in [-0.3, -0.25) is 4.98 Å². The SMILES string of the molecule is FC(F)(F)c1ccnc(N2CCN(c3ccncc3)CC2)c1. The molecule has 0 radical (unpaired) electrons. The number of nitrogens with zero attached hydrogens (tertiary/aromatic N) is 4. The largest absolute Gasteiger partial charge is 0.416 e. The molecule has 1 aliphatic heterocycles. The number of pyridine rings is 2. The summed E-state index contributed by atoms with van der Waals surface area (Å²) in [6, 6.07) is 5.97. The van der Waals surface area contributed by atoms with E-state index < -0.39 is 11.7 Å². The van der Waals surface area contributed by atoms with E-state index in [9.17, 15) is 13.2 Å². The Labute approximate surface area is 126 Å². The first-order valence-corrected chi connectivity index (χ1v) is 6.97. The standard InChI is InChI=1S/C15H15F3N4/c16-15(17,18)12-1-6-20-14(11-12)22-9-7-21(8-10-22)13-2-4-19-5-3-13/h1-6,11H,7-10H2. The van der Waals surface area contributed by atoms with E-state index in [1.54, 1.807) is 12.4 Å². The van der Waals surface area contributed by atoms with Gasteiger partial charge in [0.1, 0.15) is 5.82 Å². The number of hydrogen-bond acceptors (Lipinski definition) is 4. The van der Waals surface area contributed by atoms with Crippen molar-refractivity contribution in [2.45, 2.75) is 6.18 Å². The zero-order chi connectivity index (χ0) is 15.6. The highest BCUT2D eigenvalue weighted by atomic mass is 19.4. The molecule has 3 heterocycles. The molecule has 1 fully saturated rings. The van der Waals surface area contributed by atoms with Crippen LogP contribution in [-0.2, 0) is 6.18 Å². The number of anilines is 2. The van der Waals surface area contributed by atoms with E-state index in [-0.39, 0.29) is 0 Å². The summed E-state index contributed by atoms with van der Waals surface area (Å²) >= 11 is 0. The second kappa shape index (κ2) is 5.82. The van der Waals surface area contributed by atoms with Crippen molar-refractivity contribution in [3.63, 3.8) is 0 Å². The summed E-state index contributed by atoms with van der Waals surface area (Å²) in [4.78, 5) is 12.1. The molecule has 0 unspecified atom stereocenters. The molecular formula is C15H15F3N4. The first-order chi connectivity index (χ1) is 10.5. The fourth-order valence-corrected chi connectivity index (χ4v) is 2.52. The van der Waals surface area contributed by atoms with Gasteiger partial charge in [0.05, 0.1) is 5.56 Å². The molecule has 0 spiro atoms. The number of aromatic nitrogens is 2. The predicted octanol–water partition coefficient (Wildman–Crippen LogP) is 2.82. The highest BCUT2D eigenvalue weighted by Crippen LogP contribution is 2.31. The average Bonchev–Trinajstić information content (AvgIpc) is 2.55. The molecule has 7 heteroatoms. The summed E-state index contributed by atoms with van der Waals surface area (Å²) in [6.45, 7) is 2.75. The predicted molar refractivity (Wildman–Crippen MR) is 77.9 cm³/mol. The van der Waals surface area contributed by atoms with Crippen LogP contribution in [0.3, 0.4) is 0 Å². The van der Waals surface area contributed by atoms with Crippen molar-refractivity contribution in [3.05, 3.63) is 48.4 Å². The first-order valence-electron chi connectivity index (χ1n) is 6.97. The highest BCUT2D eigenvalue weighted by Gasteiger charge is 2.31. The molecule has 2 aromatic heterocycles. The lowest BCUT2D eigenvalue weighted by Crippen LogP contribution is -2.46. The zero-order valence-electron chi connectivity index (χ0n) is 11.8. The number of piperazine rings is 1. The van der Waals surface area contributed by atoms with Crippen LogP contribution in [0.1, 0.15) is 5.56 Å². The number of halogens is 3. The van der Waals surface area contributed by atoms with Crippen LogP contribution in [-0.4, -0.2) is 36.1 Å². The normalized spacial score (nSPS) is 16.0. The molecule has 2 aromatic rings. The molecule has 22 heavy (non-hydrogen) atoms. The lowest BCUT2D eigenvalue weighted by molar-refractivity contribution is -0.137. The zero-order valence-corrected chi connectivity index (χ0v) is 11.8. The summed E-state index contributed by atoms with van der Waals surface area (Å²) in [7, 11) is 0. The number of hydrogen-bond donors (Lipinski definition) is 0. The van der Waals surface area contributed by atoms with Gasteiger partial charge in [-0.1, -0.05) is 0 Å². The second-order valence-electron chi connectivity index (χ2n) is 5.08. The summed E-state index contributed by atoms with van der Waals surface area (Å²) in [5, 5.41) is 0. The third-order valence-electron chi connectivity index (χ3n) is 3.70. The van der Waals surface area contributed by atoms with Crippen LogP contribution >= 0.6 is 0 Å². The maximum Gasteiger partial charge on any atom is 0.416 e. The second-order valence-corrected chi connectivity index (χ2v) is 5.08. The minimum absolute atomic E-state index is 0.379. The smallest absolute Gasteiger partial charge is 0.368 e. The van der Waals surface area contributed by atoms with Gasteiger partial charge in [0.2, 0.25) is 0 Å². The van der Waals surface area contributed by atoms with Crippen molar-refractivity contribution in [2.75, 3.05) is 36.0 Å². The van der Waals surface area contributed by atoms with Gasteiger partial charge in [-0.05, 0) is 24.3 Å². The average molecular weight is 308 g/mol. The van der Waals surface area contributed by atoms with E-state index in [1.165, 1.54) is 6.20 Å². The minimum Gasteiger partial charge on any atom is -0.368 e. The molecular weight excluding hydrogens is 293 g/mol. The third-order valence-corrected chi connectivity index (χ3v) is 3.70. The molecule has 0 aliphatic carbocycles. The maximum atomic E-state index is 12.8. The summed E-state index contributed by atoms with van der Waals surface area (Å²) in [5.41, 5.74) is 0.417. The Kier molecular flexibility index (Phi) is 3.87. The van der Waals surface area contributed by atoms with E-state index in [4.69, 9.17) is 0 Å². The van der Waals surface area contributed by atoms with Gasteiger partial charge in [-0.15, -0.1) is 0 Å². The van der Waals surface area contributed by atoms with Gasteiger partial charge < -0.3 is 9.80 Å². The topological polar surface area (TPSA) is 32.3 Å². The molecule has 3 rings (SSSR count). The van der Waals surface area contributed by atoms with E-state index in [2.05, 4.69) is 14.9 Å². The van der Waals surface area contributed by atoms with E-state index in [1.807, 2.05) is 17.0 Å². The van der Waals surface area contributed by atoms with Crippen LogP contribution in [0, 0.1) is 0 Å². The Bertz CT molecular complexity index is 622. The molecule has 1 aliphatic rings. The van der Waals surface area contributed by atoms with Crippen LogP contribution in [0.5, 0.6) is 0 Å². The lowest BCUT2D eigenvalue weighted by Gasteiger charge is -2.36. The van der Waals surface area contributed by atoms with Crippen molar-refractivity contribution in [2.24, 2.45) is 0 Å². The third kappa shape index (κ3) is 3.13. The minimum atomic E-state index is -4.34. The van der Waals surface area contributed by atoms with Gasteiger partial charge in [0.25, 0.3) is 0 Å². The van der Waals surface area contributed by atoms with Crippen LogP contribution in [0.2, 0.25) is 0 Å². The van der Waals surface area contributed by atoms with E-state index in [0.29, 0.717) is 18.9 Å².